The average Bonchev–Trinajstić information content (AvgIpc) is 3.49. The summed E-state index contributed by atoms with van der Waals surface area (Å²) in [5.74, 6) is 1.05. The summed E-state index contributed by atoms with van der Waals surface area (Å²) >= 11 is 0. The molecular formula is C31H43N7O. The molecule has 1 saturated carbocycles. The molecule has 8 heteroatoms. The van der Waals surface area contributed by atoms with Gasteiger partial charge in [-0.3, -0.25) is 14.1 Å². The minimum atomic E-state index is -0.397. The number of aromatic nitrogens is 6. The Balaban J connectivity index is 1.58. The number of nitrogens with one attached hydrogen (secondary N) is 1. The summed E-state index contributed by atoms with van der Waals surface area (Å²) in [6, 6.07) is 8.54. The number of unbranched alkanes of at least 4 members (excludes halogenated alkanes) is 1. The number of aromatic amines is 1. The van der Waals surface area contributed by atoms with E-state index in [-0.39, 0.29) is 17.1 Å². The number of tetrazole rings is 1. The molecule has 1 fully saturated rings. The number of H-pyrrole nitrogens is 1. The van der Waals surface area contributed by atoms with Crippen LogP contribution in [0.2, 0.25) is 0 Å². The van der Waals surface area contributed by atoms with Gasteiger partial charge in [-0.25, -0.2) is 4.79 Å². The van der Waals surface area contributed by atoms with Crippen molar-refractivity contribution >= 4 is 6.21 Å². The van der Waals surface area contributed by atoms with Gasteiger partial charge in [0.15, 0.2) is 0 Å². The highest BCUT2D eigenvalue weighted by Gasteiger charge is 2.37. The van der Waals surface area contributed by atoms with Crippen molar-refractivity contribution in [3.8, 4) is 11.4 Å². The third kappa shape index (κ3) is 5.70. The van der Waals surface area contributed by atoms with E-state index in [1.54, 1.807) is 0 Å². The molecule has 0 bridgehead atoms. The van der Waals surface area contributed by atoms with Crippen molar-refractivity contribution < 1.29 is 0 Å². The quantitative estimate of drug-likeness (QED) is 0.348. The van der Waals surface area contributed by atoms with Gasteiger partial charge < -0.3 is 0 Å². The van der Waals surface area contributed by atoms with Crippen LogP contribution in [0.1, 0.15) is 96.4 Å². The first kappa shape index (κ1) is 27.3. The molecule has 2 aliphatic rings. The molecule has 1 N–H and O–H groups in total. The van der Waals surface area contributed by atoms with E-state index in [9.17, 15) is 4.79 Å². The van der Waals surface area contributed by atoms with Crippen LogP contribution in [-0.4, -0.2) is 36.0 Å². The van der Waals surface area contributed by atoms with Crippen molar-refractivity contribution in [1.29, 1.82) is 0 Å². The Labute approximate surface area is 231 Å². The molecule has 1 aliphatic heterocycles. The van der Waals surface area contributed by atoms with E-state index < -0.39 is 5.41 Å². The Morgan fingerprint density at radius 3 is 2.72 bits per heavy atom. The first-order chi connectivity index (χ1) is 18.8. The molecule has 1 aromatic carbocycles. The fourth-order valence-electron chi connectivity index (χ4n) is 6.63. The third-order valence-corrected chi connectivity index (χ3v) is 8.84. The van der Waals surface area contributed by atoms with Crippen LogP contribution in [0.4, 0.5) is 0 Å². The number of imidazole rings is 1. The van der Waals surface area contributed by atoms with Crippen LogP contribution in [0.15, 0.2) is 52.5 Å². The summed E-state index contributed by atoms with van der Waals surface area (Å²) in [5.41, 5.74) is 3.05. The van der Waals surface area contributed by atoms with Crippen LogP contribution < -0.4 is 5.69 Å². The van der Waals surface area contributed by atoms with E-state index in [1.165, 1.54) is 25.7 Å². The maximum atomic E-state index is 14.4. The molecule has 3 aromatic rings. The number of rotatable bonds is 8. The maximum absolute atomic E-state index is 14.4. The van der Waals surface area contributed by atoms with Crippen LogP contribution >= 0.6 is 0 Å². The van der Waals surface area contributed by atoms with Crippen LogP contribution in [0.5, 0.6) is 0 Å². The minimum absolute atomic E-state index is 0.131. The summed E-state index contributed by atoms with van der Waals surface area (Å²) in [5, 5.41) is 14.6. The molecule has 1 aliphatic carbocycles. The predicted molar refractivity (Wildman–Crippen MR) is 156 cm³/mol. The minimum Gasteiger partial charge on any atom is -0.296 e. The second kappa shape index (κ2) is 11.4. The molecule has 0 spiro atoms. The largest absolute Gasteiger partial charge is 0.328 e. The van der Waals surface area contributed by atoms with Crippen molar-refractivity contribution in [3.63, 3.8) is 0 Å². The van der Waals surface area contributed by atoms with Crippen molar-refractivity contribution in [3.05, 3.63) is 64.5 Å². The molecule has 0 saturated heterocycles. The van der Waals surface area contributed by atoms with Gasteiger partial charge in [-0.2, -0.15) is 5.21 Å². The molecule has 208 valence electrons. The average molecular weight is 530 g/mol. The fraction of sp³-hybridized carbons (Fsp3) is 0.581. The van der Waals surface area contributed by atoms with Gasteiger partial charge in [-0.1, -0.05) is 77.7 Å². The molecule has 39 heavy (non-hydrogen) atoms. The molecule has 3 unspecified atom stereocenters. The number of nitrogens with zero attached hydrogens (tertiary/aromatic N) is 6. The molecule has 0 radical (unpaired) electrons. The molecule has 0 amide bonds. The lowest BCUT2D eigenvalue weighted by Gasteiger charge is -2.36. The lowest BCUT2D eigenvalue weighted by Crippen LogP contribution is -2.39. The zero-order chi connectivity index (χ0) is 27.5. The second-order valence-electron chi connectivity index (χ2n) is 12.5. The lowest BCUT2D eigenvalue weighted by molar-refractivity contribution is 0.147. The third-order valence-electron chi connectivity index (χ3n) is 8.84. The molecule has 3 heterocycles. The summed E-state index contributed by atoms with van der Waals surface area (Å²) in [7, 11) is 0. The zero-order valence-corrected chi connectivity index (χ0v) is 23.9. The van der Waals surface area contributed by atoms with E-state index in [4.69, 9.17) is 0 Å². The van der Waals surface area contributed by atoms with Crippen molar-refractivity contribution in [2.45, 2.75) is 103 Å². The normalized spacial score (nSPS) is 23.7. The predicted octanol–water partition coefficient (Wildman–Crippen LogP) is 6.27. The first-order valence-electron chi connectivity index (χ1n) is 14.7. The van der Waals surface area contributed by atoms with Crippen molar-refractivity contribution in [2.24, 2.45) is 16.3 Å². The fourth-order valence-corrected chi connectivity index (χ4v) is 6.63. The van der Waals surface area contributed by atoms with Crippen molar-refractivity contribution in [1.82, 2.24) is 29.8 Å². The number of aryl methyl sites for hydroxylation is 1. The highest BCUT2D eigenvalue weighted by Crippen LogP contribution is 2.43. The molecule has 8 nitrogen and oxygen atoms in total. The SMILES string of the molecule is CCCCc1cn(C2CCCCCC2C(C)(C)C)c(=O)n1CC1(c2cccc(-c3nn[nH]n3)c2)C=CN=CC1. The van der Waals surface area contributed by atoms with Gasteiger partial charge in [0, 0.05) is 47.9 Å². The second-order valence-corrected chi connectivity index (χ2v) is 12.5. The summed E-state index contributed by atoms with van der Waals surface area (Å²) in [6.07, 6.45) is 17.9. The lowest BCUT2D eigenvalue weighted by atomic mass is 9.74. The summed E-state index contributed by atoms with van der Waals surface area (Å²) in [6.45, 7) is 9.81. The van der Waals surface area contributed by atoms with Gasteiger partial charge in [0.05, 0.1) is 0 Å². The number of aliphatic imine (C=N–C) groups is 1. The Kier molecular flexibility index (Phi) is 8.01. The van der Waals surface area contributed by atoms with Gasteiger partial charge in [0.2, 0.25) is 5.82 Å². The summed E-state index contributed by atoms with van der Waals surface area (Å²) in [4.78, 5) is 18.8. The van der Waals surface area contributed by atoms with Gasteiger partial charge in [0.1, 0.15) is 0 Å². The Morgan fingerprint density at radius 2 is 2.00 bits per heavy atom. The number of allylic oxidation sites excluding steroid dienone is 1. The van der Waals surface area contributed by atoms with Gasteiger partial charge in [-0.05, 0) is 60.3 Å². The standard InChI is InChI=1S/C31H43N7O/c1-5-6-13-25-21-37(27-15-9-7-8-14-26(27)30(2,3)4)29(39)38(25)22-31(16-18-32-19-17-31)24-12-10-11-23(20-24)28-33-35-36-34-28/h10-12,16,18-21,26-27H,5-9,13-15,17,22H2,1-4H3,(H,33,34,35,36). The van der Waals surface area contributed by atoms with E-state index in [2.05, 4.69) is 86.9 Å². The van der Waals surface area contributed by atoms with E-state index in [1.807, 2.05) is 24.5 Å². The van der Waals surface area contributed by atoms with Gasteiger partial charge >= 0.3 is 5.69 Å². The highest BCUT2D eigenvalue weighted by atomic mass is 16.1. The number of hydrogen-bond donors (Lipinski definition) is 1. The van der Waals surface area contributed by atoms with Crippen molar-refractivity contribution in [2.75, 3.05) is 0 Å². The van der Waals surface area contributed by atoms with E-state index in [0.717, 1.165) is 48.9 Å². The topological polar surface area (TPSA) is 93.8 Å². The maximum Gasteiger partial charge on any atom is 0.328 e. The first-order valence-corrected chi connectivity index (χ1v) is 14.7. The van der Waals surface area contributed by atoms with Crippen LogP contribution in [0.25, 0.3) is 11.4 Å². The van der Waals surface area contributed by atoms with Gasteiger partial charge in [-0.15, -0.1) is 10.2 Å². The number of hydrogen-bond acceptors (Lipinski definition) is 5. The van der Waals surface area contributed by atoms with Crippen LogP contribution in [-0.2, 0) is 18.4 Å². The van der Waals surface area contributed by atoms with Crippen LogP contribution in [0.3, 0.4) is 0 Å². The van der Waals surface area contributed by atoms with E-state index in [0.29, 0.717) is 18.3 Å². The molecule has 3 atom stereocenters. The van der Waals surface area contributed by atoms with Crippen LogP contribution in [0, 0.1) is 11.3 Å². The molecule has 2 aromatic heterocycles. The van der Waals surface area contributed by atoms with Gasteiger partial charge in [0.25, 0.3) is 0 Å². The molecule has 5 rings (SSSR count). The molecular weight excluding hydrogens is 486 g/mol. The Bertz CT molecular complexity index is 1360. The Hall–Kier alpha value is -3.29. The number of benzene rings is 1. The van der Waals surface area contributed by atoms with E-state index >= 15 is 0 Å². The zero-order valence-electron chi connectivity index (χ0n) is 23.9. The Morgan fingerprint density at radius 1 is 1.15 bits per heavy atom. The monoisotopic (exact) mass is 529 g/mol. The summed E-state index contributed by atoms with van der Waals surface area (Å²) < 4.78 is 4.20. The highest BCUT2D eigenvalue weighted by molar-refractivity contribution is 5.65. The smallest absolute Gasteiger partial charge is 0.296 e.